The zero-order valence-corrected chi connectivity index (χ0v) is 27.8. The number of pyridine rings is 2. The van der Waals surface area contributed by atoms with Crippen LogP contribution in [0.5, 0.6) is 5.75 Å². The third kappa shape index (κ3) is 6.44. The van der Waals surface area contributed by atoms with Gasteiger partial charge >= 0.3 is 0 Å². The molecule has 1 N–H and O–H groups in total. The van der Waals surface area contributed by atoms with Gasteiger partial charge in [0.05, 0.1) is 22.8 Å². The third-order valence-electron chi connectivity index (χ3n) is 8.81. The van der Waals surface area contributed by atoms with Crippen LogP contribution in [0.3, 0.4) is 0 Å². The highest BCUT2D eigenvalue weighted by atomic mass is 16.3. The molecule has 8 aromatic rings. The number of anilines is 6. The number of rotatable bonds is 9. The molecule has 51 heavy (non-hydrogen) atoms. The minimum absolute atomic E-state index is 0.180. The molecular weight excluding hydrogens is 625 g/mol. The molecule has 5 heteroatoms. The van der Waals surface area contributed by atoms with Crippen LogP contribution in [0.1, 0.15) is 0 Å². The van der Waals surface area contributed by atoms with Crippen LogP contribution in [0, 0.1) is 0 Å². The molecule has 0 bridgehead atoms. The number of phenolic OH excluding ortho intramolecular Hbond substituents is 1. The summed E-state index contributed by atoms with van der Waals surface area (Å²) < 4.78 is 0. The normalized spacial score (nSPS) is 10.8. The number of phenols is 1. The van der Waals surface area contributed by atoms with Gasteiger partial charge in [-0.05, 0) is 84.4 Å². The Balaban J connectivity index is 1.36. The molecule has 0 saturated heterocycles. The van der Waals surface area contributed by atoms with E-state index in [2.05, 4.69) is 113 Å². The first-order chi connectivity index (χ1) is 25.2. The van der Waals surface area contributed by atoms with E-state index in [9.17, 15) is 5.11 Å². The van der Waals surface area contributed by atoms with Gasteiger partial charge in [-0.15, -0.1) is 0 Å². The van der Waals surface area contributed by atoms with Crippen molar-refractivity contribution in [1.82, 2.24) is 9.97 Å². The number of aromatic hydroxyl groups is 1. The fourth-order valence-electron chi connectivity index (χ4n) is 6.47. The van der Waals surface area contributed by atoms with Crippen LogP contribution in [0.4, 0.5) is 34.3 Å². The fourth-order valence-corrected chi connectivity index (χ4v) is 6.47. The molecule has 0 aliphatic heterocycles. The molecule has 8 rings (SSSR count). The molecule has 0 amide bonds. The lowest BCUT2D eigenvalue weighted by Crippen LogP contribution is -2.13. The highest BCUT2D eigenvalue weighted by molar-refractivity contribution is 5.91. The summed E-state index contributed by atoms with van der Waals surface area (Å²) in [5, 5.41) is 10.9. The van der Waals surface area contributed by atoms with Crippen molar-refractivity contribution in [2.24, 2.45) is 0 Å². The van der Waals surface area contributed by atoms with E-state index in [0.29, 0.717) is 11.3 Å². The van der Waals surface area contributed by atoms with Crippen LogP contribution in [0.15, 0.2) is 200 Å². The van der Waals surface area contributed by atoms with Crippen LogP contribution >= 0.6 is 0 Å². The van der Waals surface area contributed by atoms with Gasteiger partial charge in [0.1, 0.15) is 11.6 Å². The molecular formula is C46H34N4O. The standard InChI is InChI=1S/C46H34N4O/c51-44-28-13-11-26-40(44)41-30-31-43(49(36-20-6-2-7-21-36)37-22-8-3-9-23-37)46(48-41)35-19-16-24-38(33-35)50(45-29-14-15-32-47-45)42-27-12-10-25-39(42)34-17-4-1-5-18-34/h1-33,51H. The van der Waals surface area contributed by atoms with Crippen molar-refractivity contribution in [3.63, 3.8) is 0 Å². The number of hydrogen-bond donors (Lipinski definition) is 1. The molecule has 0 unspecified atom stereocenters. The van der Waals surface area contributed by atoms with Gasteiger partial charge in [0.25, 0.3) is 0 Å². The number of aromatic nitrogens is 2. The first kappa shape index (κ1) is 31.3. The molecule has 6 aromatic carbocycles. The number of benzene rings is 6. The quantitative estimate of drug-likeness (QED) is 0.167. The van der Waals surface area contributed by atoms with Crippen LogP contribution in [0.2, 0.25) is 0 Å². The van der Waals surface area contributed by atoms with Crippen LogP contribution in [-0.2, 0) is 0 Å². The molecule has 244 valence electrons. The van der Waals surface area contributed by atoms with E-state index in [1.165, 1.54) is 0 Å². The summed E-state index contributed by atoms with van der Waals surface area (Å²) in [6.07, 6.45) is 1.82. The Labute approximate surface area is 298 Å². The summed E-state index contributed by atoms with van der Waals surface area (Å²) in [4.78, 5) is 14.6. The predicted molar refractivity (Wildman–Crippen MR) is 209 cm³/mol. The maximum atomic E-state index is 10.9. The van der Waals surface area contributed by atoms with Gasteiger partial charge in [0, 0.05) is 39.9 Å². The Hall–Kier alpha value is -6.98. The molecule has 5 nitrogen and oxygen atoms in total. The zero-order chi connectivity index (χ0) is 34.4. The van der Waals surface area contributed by atoms with Crippen molar-refractivity contribution in [1.29, 1.82) is 0 Å². The SMILES string of the molecule is Oc1ccccc1-c1ccc(N(c2ccccc2)c2ccccc2)c(-c2cccc(N(c3ccccn3)c3ccccc3-c3ccccc3)c2)n1. The maximum Gasteiger partial charge on any atom is 0.137 e. The summed E-state index contributed by atoms with van der Waals surface area (Å²) in [6.45, 7) is 0. The van der Waals surface area contributed by atoms with Crippen molar-refractivity contribution in [2.45, 2.75) is 0 Å². The van der Waals surface area contributed by atoms with Gasteiger partial charge in [-0.1, -0.05) is 115 Å². The highest BCUT2D eigenvalue weighted by Crippen LogP contribution is 2.44. The minimum Gasteiger partial charge on any atom is -0.507 e. The van der Waals surface area contributed by atoms with Gasteiger partial charge in [-0.3, -0.25) is 4.90 Å². The average Bonchev–Trinajstić information content (AvgIpc) is 3.20. The van der Waals surface area contributed by atoms with Crippen molar-refractivity contribution >= 4 is 34.3 Å². The highest BCUT2D eigenvalue weighted by Gasteiger charge is 2.22. The van der Waals surface area contributed by atoms with Crippen LogP contribution in [-0.4, -0.2) is 15.1 Å². The fraction of sp³-hybridized carbons (Fsp3) is 0. The minimum atomic E-state index is 0.180. The van der Waals surface area contributed by atoms with E-state index in [1.54, 1.807) is 6.07 Å². The van der Waals surface area contributed by atoms with Crippen molar-refractivity contribution in [3.05, 3.63) is 200 Å². The lowest BCUT2D eigenvalue weighted by atomic mass is 10.0. The lowest BCUT2D eigenvalue weighted by molar-refractivity contribution is 0.477. The van der Waals surface area contributed by atoms with Crippen LogP contribution in [0.25, 0.3) is 33.6 Å². The Morgan fingerprint density at radius 1 is 0.412 bits per heavy atom. The molecule has 0 aliphatic carbocycles. The first-order valence-electron chi connectivity index (χ1n) is 16.9. The monoisotopic (exact) mass is 658 g/mol. The molecule has 0 aliphatic rings. The second-order valence-corrected chi connectivity index (χ2v) is 12.0. The van der Waals surface area contributed by atoms with Crippen molar-refractivity contribution < 1.29 is 5.11 Å². The molecule has 2 heterocycles. The summed E-state index contributed by atoms with van der Waals surface area (Å²) >= 11 is 0. The Kier molecular flexibility index (Phi) is 8.74. The number of hydrogen-bond acceptors (Lipinski definition) is 5. The van der Waals surface area contributed by atoms with E-state index >= 15 is 0 Å². The Bertz CT molecular complexity index is 2340. The van der Waals surface area contributed by atoms with Gasteiger partial charge in [-0.2, -0.15) is 0 Å². The summed E-state index contributed by atoms with van der Waals surface area (Å²) in [7, 11) is 0. The smallest absolute Gasteiger partial charge is 0.137 e. The first-order valence-corrected chi connectivity index (χ1v) is 16.9. The molecule has 0 spiro atoms. The molecule has 2 aromatic heterocycles. The number of nitrogens with zero attached hydrogens (tertiary/aromatic N) is 4. The second-order valence-electron chi connectivity index (χ2n) is 12.0. The molecule has 0 fully saturated rings. The van der Waals surface area contributed by atoms with Crippen molar-refractivity contribution in [3.8, 4) is 39.4 Å². The van der Waals surface area contributed by atoms with E-state index in [4.69, 9.17) is 9.97 Å². The molecule has 0 radical (unpaired) electrons. The van der Waals surface area contributed by atoms with Crippen LogP contribution < -0.4 is 9.80 Å². The lowest BCUT2D eigenvalue weighted by Gasteiger charge is -2.29. The van der Waals surface area contributed by atoms with Crippen molar-refractivity contribution in [2.75, 3.05) is 9.80 Å². The van der Waals surface area contributed by atoms with Gasteiger partial charge in [0.15, 0.2) is 0 Å². The summed E-state index contributed by atoms with van der Waals surface area (Å²) in [5.74, 6) is 0.976. The van der Waals surface area contributed by atoms with Gasteiger partial charge in [0.2, 0.25) is 0 Å². The number of para-hydroxylation sites is 4. The summed E-state index contributed by atoms with van der Waals surface area (Å²) in [5.41, 5.74) is 10.1. The molecule has 0 saturated carbocycles. The van der Waals surface area contributed by atoms with E-state index in [0.717, 1.165) is 56.6 Å². The average molecular weight is 659 g/mol. The second kappa shape index (κ2) is 14.2. The predicted octanol–water partition coefficient (Wildman–Crippen LogP) is 12.1. The largest absolute Gasteiger partial charge is 0.507 e. The zero-order valence-electron chi connectivity index (χ0n) is 27.8. The van der Waals surface area contributed by atoms with Gasteiger partial charge < -0.3 is 10.0 Å². The van der Waals surface area contributed by atoms with E-state index in [-0.39, 0.29) is 5.75 Å². The Morgan fingerprint density at radius 3 is 1.69 bits per heavy atom. The Morgan fingerprint density at radius 2 is 1.00 bits per heavy atom. The topological polar surface area (TPSA) is 52.5 Å². The molecule has 0 atom stereocenters. The summed E-state index contributed by atoms with van der Waals surface area (Å²) in [6, 6.07) is 65.3. The van der Waals surface area contributed by atoms with E-state index < -0.39 is 0 Å². The maximum absolute atomic E-state index is 10.9. The van der Waals surface area contributed by atoms with Gasteiger partial charge in [-0.25, -0.2) is 9.97 Å². The van der Waals surface area contributed by atoms with E-state index in [1.807, 2.05) is 91.1 Å². The third-order valence-corrected chi connectivity index (χ3v) is 8.81.